The van der Waals surface area contributed by atoms with Crippen LogP contribution in [0.25, 0.3) is 0 Å². The van der Waals surface area contributed by atoms with Crippen LogP contribution in [0, 0.1) is 0 Å². The average molecular weight is 416 g/mol. The summed E-state index contributed by atoms with van der Waals surface area (Å²) >= 11 is 0. The van der Waals surface area contributed by atoms with Crippen molar-refractivity contribution in [2.45, 2.75) is 143 Å². The summed E-state index contributed by atoms with van der Waals surface area (Å²) in [5.41, 5.74) is 0. The Morgan fingerprint density at radius 2 is 0.679 bits per heavy atom. The second-order valence-corrected chi connectivity index (χ2v) is 13.8. The van der Waals surface area contributed by atoms with Crippen molar-refractivity contribution >= 4 is 7.41 Å². The van der Waals surface area contributed by atoms with E-state index in [1.807, 2.05) is 0 Å². The molecule has 0 aliphatic heterocycles. The molecule has 0 heterocycles. The molecule has 0 aromatic heterocycles. The van der Waals surface area contributed by atoms with Gasteiger partial charge in [0.2, 0.25) is 0 Å². The molecule has 0 spiro atoms. The minimum atomic E-state index is -1.25. The second kappa shape index (κ2) is 22.1. The number of rotatable bonds is 23. The fraction of sp³-hybridized carbons (Fsp3) is 1.00. The van der Waals surface area contributed by atoms with Crippen molar-refractivity contribution in [2.75, 3.05) is 25.0 Å². The quantitative estimate of drug-likeness (QED) is 0.129. The average Bonchev–Trinajstić information content (AvgIpc) is 2.70. The summed E-state index contributed by atoms with van der Waals surface area (Å²) in [4.78, 5) is 0. The number of hydrogen-bond acceptors (Lipinski definition) is 1. The zero-order valence-corrected chi connectivity index (χ0v) is 21.6. The first-order chi connectivity index (χ1) is 13.7. The Hall–Kier alpha value is 0.390. The molecular formula is C26H58NP. The van der Waals surface area contributed by atoms with Gasteiger partial charge in [-0.25, -0.2) is 0 Å². The Balaban J connectivity index is 4.39. The summed E-state index contributed by atoms with van der Waals surface area (Å²) in [5.74, 6) is 0. The summed E-state index contributed by atoms with van der Waals surface area (Å²) < 4.78 is 0. The van der Waals surface area contributed by atoms with Gasteiger partial charge in [0.05, 0.1) is 0 Å². The SMILES string of the molecule is CCCCCCCC[PH](CCCCCCCC)(CCCCCCCC)NCC. The third-order valence-corrected chi connectivity index (χ3v) is 11.6. The first-order valence-electron chi connectivity index (χ1n) is 13.5. The Labute approximate surface area is 181 Å². The van der Waals surface area contributed by atoms with Crippen molar-refractivity contribution in [3.05, 3.63) is 0 Å². The number of nitrogens with one attached hydrogen (secondary N) is 1. The van der Waals surface area contributed by atoms with E-state index in [-0.39, 0.29) is 0 Å². The van der Waals surface area contributed by atoms with E-state index >= 15 is 0 Å². The summed E-state index contributed by atoms with van der Waals surface area (Å²) in [5, 5.41) is 4.14. The summed E-state index contributed by atoms with van der Waals surface area (Å²) in [6.45, 7) is 10.5. The summed E-state index contributed by atoms with van der Waals surface area (Å²) in [6.07, 6.45) is 30.8. The molecule has 2 heteroatoms. The third-order valence-electron chi connectivity index (χ3n) is 6.58. The molecule has 1 nitrogen and oxygen atoms in total. The van der Waals surface area contributed by atoms with E-state index in [1.54, 1.807) is 18.5 Å². The zero-order valence-electron chi connectivity index (χ0n) is 20.6. The number of hydrogen-bond donors (Lipinski definition) is 1. The van der Waals surface area contributed by atoms with Crippen LogP contribution in [0.15, 0.2) is 0 Å². The molecule has 0 amide bonds. The van der Waals surface area contributed by atoms with Crippen LogP contribution in [0.3, 0.4) is 0 Å². The fourth-order valence-corrected chi connectivity index (χ4v) is 9.56. The molecule has 172 valence electrons. The van der Waals surface area contributed by atoms with Gasteiger partial charge in [-0.3, -0.25) is 0 Å². The first-order valence-corrected chi connectivity index (χ1v) is 16.1. The Morgan fingerprint density at radius 3 is 0.964 bits per heavy atom. The van der Waals surface area contributed by atoms with Crippen LogP contribution in [0.4, 0.5) is 0 Å². The molecule has 0 atom stereocenters. The summed E-state index contributed by atoms with van der Waals surface area (Å²) in [6, 6.07) is 0. The third kappa shape index (κ3) is 17.3. The van der Waals surface area contributed by atoms with Crippen LogP contribution in [-0.4, -0.2) is 25.0 Å². The van der Waals surface area contributed by atoms with Gasteiger partial charge in [0, 0.05) is 0 Å². The van der Waals surface area contributed by atoms with Gasteiger partial charge in [-0.1, -0.05) is 0 Å². The second-order valence-electron chi connectivity index (χ2n) is 9.36. The van der Waals surface area contributed by atoms with Crippen molar-refractivity contribution in [3.63, 3.8) is 0 Å². The minimum absolute atomic E-state index is 1.20. The van der Waals surface area contributed by atoms with Gasteiger partial charge < -0.3 is 0 Å². The molecule has 0 aromatic rings. The van der Waals surface area contributed by atoms with E-state index in [2.05, 4.69) is 32.8 Å². The van der Waals surface area contributed by atoms with Crippen LogP contribution < -0.4 is 5.09 Å². The molecule has 1 N–H and O–H groups in total. The molecule has 0 bridgehead atoms. The van der Waals surface area contributed by atoms with E-state index in [1.165, 1.54) is 122 Å². The molecule has 0 aromatic carbocycles. The summed E-state index contributed by atoms with van der Waals surface area (Å²) in [7, 11) is -1.25. The van der Waals surface area contributed by atoms with Crippen LogP contribution in [0.2, 0.25) is 0 Å². The Bertz CT molecular complexity index is 251. The monoisotopic (exact) mass is 415 g/mol. The van der Waals surface area contributed by atoms with Crippen LogP contribution in [-0.2, 0) is 0 Å². The van der Waals surface area contributed by atoms with Crippen LogP contribution >= 0.6 is 7.41 Å². The van der Waals surface area contributed by atoms with Crippen molar-refractivity contribution in [1.82, 2.24) is 5.09 Å². The van der Waals surface area contributed by atoms with Gasteiger partial charge in [-0.15, -0.1) is 0 Å². The molecule has 0 radical (unpaired) electrons. The number of unbranched alkanes of at least 4 members (excludes halogenated alkanes) is 15. The van der Waals surface area contributed by atoms with Crippen LogP contribution in [0.5, 0.6) is 0 Å². The predicted molar refractivity (Wildman–Crippen MR) is 137 cm³/mol. The van der Waals surface area contributed by atoms with Gasteiger partial charge >= 0.3 is 181 Å². The van der Waals surface area contributed by atoms with Gasteiger partial charge in [-0.2, -0.15) is 0 Å². The van der Waals surface area contributed by atoms with Crippen molar-refractivity contribution in [2.24, 2.45) is 0 Å². The zero-order chi connectivity index (χ0) is 20.8. The van der Waals surface area contributed by atoms with E-state index in [9.17, 15) is 0 Å². The predicted octanol–water partition coefficient (Wildman–Crippen LogP) is 9.34. The van der Waals surface area contributed by atoms with E-state index < -0.39 is 7.41 Å². The van der Waals surface area contributed by atoms with Crippen molar-refractivity contribution < 1.29 is 0 Å². The van der Waals surface area contributed by atoms with E-state index in [4.69, 9.17) is 0 Å². The Morgan fingerprint density at radius 1 is 0.393 bits per heavy atom. The van der Waals surface area contributed by atoms with Crippen LogP contribution in [0.1, 0.15) is 143 Å². The first kappa shape index (κ1) is 28.4. The molecule has 0 rings (SSSR count). The fourth-order valence-electron chi connectivity index (χ4n) is 4.75. The maximum atomic E-state index is 4.14. The van der Waals surface area contributed by atoms with Crippen molar-refractivity contribution in [3.8, 4) is 0 Å². The van der Waals surface area contributed by atoms with Gasteiger partial charge in [0.25, 0.3) is 0 Å². The van der Waals surface area contributed by atoms with Gasteiger partial charge in [0.1, 0.15) is 0 Å². The van der Waals surface area contributed by atoms with Crippen molar-refractivity contribution in [1.29, 1.82) is 0 Å². The molecule has 28 heavy (non-hydrogen) atoms. The van der Waals surface area contributed by atoms with Gasteiger partial charge in [0.15, 0.2) is 0 Å². The molecule has 0 aliphatic rings. The van der Waals surface area contributed by atoms with Gasteiger partial charge in [-0.05, 0) is 0 Å². The standard InChI is InChI=1S/C26H58NP/c1-5-9-12-15-18-21-24-28(27-8-4,25-22-19-16-13-10-6-2)26-23-20-17-14-11-7-3/h27-28H,5-26H2,1-4H3. The normalized spacial score (nSPS) is 12.6. The molecule has 0 unspecified atom stereocenters. The Kier molecular flexibility index (Phi) is 22.4. The molecular weight excluding hydrogens is 357 g/mol. The van der Waals surface area contributed by atoms with E-state index in [0.717, 1.165) is 0 Å². The molecule has 0 saturated heterocycles. The maximum absolute atomic E-state index is 4.14. The topological polar surface area (TPSA) is 12.0 Å². The molecule has 0 fully saturated rings. The molecule has 0 aliphatic carbocycles. The molecule has 0 saturated carbocycles. The van der Waals surface area contributed by atoms with E-state index in [0.29, 0.717) is 0 Å².